The van der Waals surface area contributed by atoms with Crippen molar-refractivity contribution in [3.05, 3.63) is 0 Å². The molecule has 0 heterocycles. The van der Waals surface area contributed by atoms with Crippen molar-refractivity contribution >= 4 is 0 Å². The molecule has 0 aromatic carbocycles. The van der Waals surface area contributed by atoms with Crippen molar-refractivity contribution in [3.63, 3.8) is 0 Å². The lowest BCUT2D eigenvalue weighted by atomic mass is 9.83. The van der Waals surface area contributed by atoms with Crippen molar-refractivity contribution in [2.75, 3.05) is 0 Å². The quantitative estimate of drug-likeness (QED) is 0.732. The Morgan fingerprint density at radius 3 is 2.50 bits per heavy atom. The molecule has 0 spiro atoms. The highest BCUT2D eigenvalue weighted by Crippen LogP contribution is 2.49. The van der Waals surface area contributed by atoms with Crippen LogP contribution in [0.15, 0.2) is 0 Å². The standard InChI is InChI=1S/C13H25N/c1-9(2)13(14)6-5-12-8-10-3-4-11(12)7-10/h9-13H,3-8,14H2,1-2H3. The zero-order chi connectivity index (χ0) is 10.1. The molecule has 1 nitrogen and oxygen atoms in total. The van der Waals surface area contributed by atoms with Crippen molar-refractivity contribution < 1.29 is 0 Å². The molecular weight excluding hydrogens is 170 g/mol. The maximum Gasteiger partial charge on any atom is 0.00619 e. The largest absolute Gasteiger partial charge is 0.327 e. The minimum absolute atomic E-state index is 0.439. The molecule has 2 aliphatic carbocycles. The maximum atomic E-state index is 6.09. The van der Waals surface area contributed by atoms with Gasteiger partial charge < -0.3 is 5.73 Å². The highest BCUT2D eigenvalue weighted by atomic mass is 14.6. The molecule has 2 N–H and O–H groups in total. The molecule has 1 heteroatoms. The van der Waals surface area contributed by atoms with Crippen molar-refractivity contribution in [1.29, 1.82) is 0 Å². The molecule has 2 saturated carbocycles. The summed E-state index contributed by atoms with van der Waals surface area (Å²) in [4.78, 5) is 0. The molecule has 4 atom stereocenters. The number of nitrogens with two attached hydrogens (primary N) is 1. The summed E-state index contributed by atoms with van der Waals surface area (Å²) >= 11 is 0. The van der Waals surface area contributed by atoms with E-state index in [1.54, 1.807) is 6.42 Å². The van der Waals surface area contributed by atoms with Gasteiger partial charge in [-0.3, -0.25) is 0 Å². The lowest BCUT2D eigenvalue weighted by Crippen LogP contribution is -2.27. The molecule has 0 aromatic rings. The fourth-order valence-electron chi connectivity index (χ4n) is 3.47. The van der Waals surface area contributed by atoms with Crippen molar-refractivity contribution in [2.24, 2.45) is 29.4 Å². The first kappa shape index (κ1) is 10.5. The summed E-state index contributed by atoms with van der Waals surface area (Å²) in [6, 6.07) is 0.439. The summed E-state index contributed by atoms with van der Waals surface area (Å²) in [7, 11) is 0. The average Bonchev–Trinajstić information content (AvgIpc) is 2.74. The number of hydrogen-bond acceptors (Lipinski definition) is 1. The molecular formula is C13H25N. The van der Waals surface area contributed by atoms with E-state index in [2.05, 4.69) is 13.8 Å². The molecule has 4 unspecified atom stereocenters. The summed E-state index contributed by atoms with van der Waals surface area (Å²) in [5.41, 5.74) is 6.09. The lowest BCUT2D eigenvalue weighted by Gasteiger charge is -2.24. The van der Waals surface area contributed by atoms with Gasteiger partial charge in [0.15, 0.2) is 0 Å². The third-order valence-electron chi connectivity index (χ3n) is 4.61. The van der Waals surface area contributed by atoms with Gasteiger partial charge >= 0.3 is 0 Å². The van der Waals surface area contributed by atoms with Gasteiger partial charge in [0.05, 0.1) is 0 Å². The van der Waals surface area contributed by atoms with Gasteiger partial charge in [0.25, 0.3) is 0 Å². The first-order valence-electron chi connectivity index (χ1n) is 6.42. The zero-order valence-electron chi connectivity index (χ0n) is 9.71. The summed E-state index contributed by atoms with van der Waals surface area (Å²) in [6.07, 6.45) is 8.77. The zero-order valence-corrected chi connectivity index (χ0v) is 9.71. The van der Waals surface area contributed by atoms with Gasteiger partial charge in [-0.15, -0.1) is 0 Å². The van der Waals surface area contributed by atoms with E-state index in [1.807, 2.05) is 0 Å². The van der Waals surface area contributed by atoms with Crippen LogP contribution in [0.3, 0.4) is 0 Å². The number of rotatable bonds is 4. The summed E-state index contributed by atoms with van der Waals surface area (Å²) in [5.74, 6) is 3.88. The van der Waals surface area contributed by atoms with Crippen LogP contribution in [0.25, 0.3) is 0 Å². The van der Waals surface area contributed by atoms with Crippen LogP contribution in [0.5, 0.6) is 0 Å². The Morgan fingerprint density at radius 1 is 1.21 bits per heavy atom. The highest BCUT2D eigenvalue weighted by Gasteiger charge is 2.38. The van der Waals surface area contributed by atoms with Crippen molar-refractivity contribution in [2.45, 2.75) is 58.4 Å². The molecule has 82 valence electrons. The first-order chi connectivity index (χ1) is 6.66. The van der Waals surface area contributed by atoms with Gasteiger partial charge in [-0.25, -0.2) is 0 Å². The molecule has 2 aliphatic rings. The van der Waals surface area contributed by atoms with Crippen molar-refractivity contribution in [3.8, 4) is 0 Å². The maximum absolute atomic E-state index is 6.09. The van der Waals surface area contributed by atoms with Crippen LogP contribution in [-0.2, 0) is 0 Å². The Morgan fingerprint density at radius 2 is 2.00 bits per heavy atom. The molecule has 0 aromatic heterocycles. The second-order valence-corrected chi connectivity index (χ2v) is 5.92. The molecule has 2 rings (SSSR count). The van der Waals surface area contributed by atoms with Crippen LogP contribution in [0.1, 0.15) is 52.4 Å². The van der Waals surface area contributed by atoms with Crippen LogP contribution >= 0.6 is 0 Å². The van der Waals surface area contributed by atoms with E-state index in [1.165, 1.54) is 32.1 Å². The predicted molar refractivity (Wildman–Crippen MR) is 61.0 cm³/mol. The van der Waals surface area contributed by atoms with Crippen molar-refractivity contribution in [1.82, 2.24) is 0 Å². The van der Waals surface area contributed by atoms with Crippen LogP contribution in [0.4, 0.5) is 0 Å². The van der Waals surface area contributed by atoms with Crippen LogP contribution in [-0.4, -0.2) is 6.04 Å². The second kappa shape index (κ2) is 4.22. The monoisotopic (exact) mass is 195 g/mol. The van der Waals surface area contributed by atoms with Crippen LogP contribution < -0.4 is 5.73 Å². The van der Waals surface area contributed by atoms with Gasteiger partial charge in [-0.05, 0) is 55.8 Å². The van der Waals surface area contributed by atoms with E-state index in [0.29, 0.717) is 12.0 Å². The third kappa shape index (κ3) is 2.13. The van der Waals surface area contributed by atoms with Gasteiger partial charge in [0.1, 0.15) is 0 Å². The van der Waals surface area contributed by atoms with Crippen LogP contribution in [0, 0.1) is 23.7 Å². The Hall–Kier alpha value is -0.0400. The first-order valence-corrected chi connectivity index (χ1v) is 6.42. The molecule has 2 fully saturated rings. The van der Waals surface area contributed by atoms with E-state index in [0.717, 1.165) is 17.8 Å². The van der Waals surface area contributed by atoms with E-state index >= 15 is 0 Å². The third-order valence-corrected chi connectivity index (χ3v) is 4.61. The van der Waals surface area contributed by atoms with E-state index in [9.17, 15) is 0 Å². The van der Waals surface area contributed by atoms with Crippen LogP contribution in [0.2, 0.25) is 0 Å². The minimum Gasteiger partial charge on any atom is -0.327 e. The molecule has 2 bridgehead atoms. The normalized spacial score (nSPS) is 38.1. The Balaban J connectivity index is 1.71. The summed E-state index contributed by atoms with van der Waals surface area (Å²) in [6.45, 7) is 4.48. The van der Waals surface area contributed by atoms with E-state index < -0.39 is 0 Å². The van der Waals surface area contributed by atoms with Gasteiger partial charge in [0, 0.05) is 6.04 Å². The molecule has 0 radical (unpaired) electrons. The topological polar surface area (TPSA) is 26.0 Å². The lowest BCUT2D eigenvalue weighted by molar-refractivity contribution is 0.290. The predicted octanol–water partition coefficient (Wildman–Crippen LogP) is 3.19. The molecule has 0 saturated heterocycles. The van der Waals surface area contributed by atoms with Gasteiger partial charge in [-0.1, -0.05) is 20.3 Å². The Labute approximate surface area is 88.4 Å². The van der Waals surface area contributed by atoms with Gasteiger partial charge in [0.2, 0.25) is 0 Å². The number of fused-ring (bicyclic) bond motifs is 2. The molecule has 0 aliphatic heterocycles. The molecule has 0 amide bonds. The second-order valence-electron chi connectivity index (χ2n) is 5.92. The highest BCUT2D eigenvalue weighted by molar-refractivity contribution is 4.90. The SMILES string of the molecule is CC(C)C(N)CCC1CC2CCC1C2. The summed E-state index contributed by atoms with van der Waals surface area (Å²) in [5, 5.41) is 0. The van der Waals surface area contributed by atoms with E-state index in [-0.39, 0.29) is 0 Å². The fraction of sp³-hybridized carbons (Fsp3) is 1.00. The number of hydrogen-bond donors (Lipinski definition) is 1. The fourth-order valence-corrected chi connectivity index (χ4v) is 3.47. The minimum atomic E-state index is 0.439. The average molecular weight is 195 g/mol. The Kier molecular flexibility index (Phi) is 3.16. The summed E-state index contributed by atoms with van der Waals surface area (Å²) < 4.78 is 0. The smallest absolute Gasteiger partial charge is 0.00619 e. The Bertz CT molecular complexity index is 188. The van der Waals surface area contributed by atoms with Gasteiger partial charge in [-0.2, -0.15) is 0 Å². The molecule has 14 heavy (non-hydrogen) atoms. The van der Waals surface area contributed by atoms with E-state index in [4.69, 9.17) is 5.73 Å².